The van der Waals surface area contributed by atoms with Gasteiger partial charge < -0.3 is 15.7 Å². The predicted octanol–water partition coefficient (Wildman–Crippen LogP) is 3.30. The molecule has 35 heavy (non-hydrogen) atoms. The Hall–Kier alpha value is -4.28. The number of benzene rings is 3. The van der Waals surface area contributed by atoms with Crippen molar-refractivity contribution in [2.75, 3.05) is 5.32 Å². The third-order valence-corrected chi connectivity index (χ3v) is 6.99. The quantitative estimate of drug-likeness (QED) is 0.303. The van der Waals surface area contributed by atoms with Crippen molar-refractivity contribution < 1.29 is 9.90 Å². The third-order valence-electron chi connectivity index (χ3n) is 5.98. The van der Waals surface area contributed by atoms with E-state index in [1.165, 1.54) is 16.0 Å². The van der Waals surface area contributed by atoms with E-state index in [0.29, 0.717) is 22.8 Å². The first-order valence-electron chi connectivity index (χ1n) is 11.0. The van der Waals surface area contributed by atoms with Crippen LogP contribution >= 0.6 is 11.3 Å². The number of aromatic nitrogens is 4. The monoisotopic (exact) mass is 484 g/mol. The molecule has 9 nitrogen and oxygen atoms in total. The number of aliphatic hydroxyl groups excluding tert-OH is 1. The largest absolute Gasteiger partial charge is 0.390 e. The van der Waals surface area contributed by atoms with E-state index in [0.717, 1.165) is 21.3 Å². The summed E-state index contributed by atoms with van der Waals surface area (Å²) in [5.41, 5.74) is 3.50. The van der Waals surface area contributed by atoms with E-state index in [1.807, 2.05) is 48.5 Å². The first kappa shape index (κ1) is 21.3. The van der Waals surface area contributed by atoms with Crippen LogP contribution in [-0.2, 0) is 6.42 Å². The van der Waals surface area contributed by atoms with E-state index < -0.39 is 17.8 Å². The molecule has 0 bridgehead atoms. The van der Waals surface area contributed by atoms with Crippen molar-refractivity contribution in [3.8, 4) is 5.13 Å². The second kappa shape index (κ2) is 8.49. The first-order valence-corrected chi connectivity index (χ1v) is 11.9. The van der Waals surface area contributed by atoms with Crippen LogP contribution in [0.4, 0.5) is 11.6 Å². The smallest absolute Gasteiger partial charge is 0.351 e. The van der Waals surface area contributed by atoms with Crippen LogP contribution in [0.5, 0.6) is 0 Å². The molecule has 5 aromatic rings. The van der Waals surface area contributed by atoms with Crippen molar-refractivity contribution in [1.29, 1.82) is 0 Å². The van der Waals surface area contributed by atoms with Crippen molar-refractivity contribution in [2.24, 2.45) is 0 Å². The highest BCUT2D eigenvalue weighted by atomic mass is 32.1. The minimum absolute atomic E-state index is 0.261. The highest BCUT2D eigenvalue weighted by molar-refractivity contribution is 7.20. The number of nitrogens with one attached hydrogen (secondary N) is 3. The van der Waals surface area contributed by atoms with E-state index >= 15 is 0 Å². The molecular formula is C25H20N6O3S. The van der Waals surface area contributed by atoms with Crippen molar-refractivity contribution >= 4 is 39.1 Å². The number of carbonyl (C=O) groups excluding carboxylic acids is 1. The molecule has 0 radical (unpaired) electrons. The second-order valence-electron chi connectivity index (χ2n) is 8.28. The molecule has 2 aromatic heterocycles. The Balaban J connectivity index is 1.16. The Morgan fingerprint density at radius 1 is 1.06 bits per heavy atom. The number of aliphatic hydroxyl groups is 1. The van der Waals surface area contributed by atoms with Crippen molar-refractivity contribution in [3.63, 3.8) is 0 Å². The number of rotatable bonds is 5. The van der Waals surface area contributed by atoms with Crippen LogP contribution in [0, 0.1) is 0 Å². The van der Waals surface area contributed by atoms with E-state index in [9.17, 15) is 14.7 Å². The highest BCUT2D eigenvalue weighted by Crippen LogP contribution is 2.31. The molecule has 1 aliphatic rings. The zero-order chi connectivity index (χ0) is 23.9. The fraction of sp³-hybridized carbons (Fsp3) is 0.120. The number of amides is 1. The molecule has 2 heterocycles. The van der Waals surface area contributed by atoms with Gasteiger partial charge >= 0.3 is 5.69 Å². The number of anilines is 2. The summed E-state index contributed by atoms with van der Waals surface area (Å²) in [6, 6.07) is 21.7. The summed E-state index contributed by atoms with van der Waals surface area (Å²) in [4.78, 5) is 32.4. The molecule has 0 unspecified atom stereocenters. The molecule has 4 N–H and O–H groups in total. The van der Waals surface area contributed by atoms with Gasteiger partial charge in [-0.1, -0.05) is 47.7 Å². The number of aromatic amines is 1. The van der Waals surface area contributed by atoms with Crippen LogP contribution in [0.1, 0.15) is 27.5 Å². The lowest BCUT2D eigenvalue weighted by Crippen LogP contribution is -2.33. The first-order chi connectivity index (χ1) is 17.0. The molecule has 174 valence electrons. The summed E-state index contributed by atoms with van der Waals surface area (Å²) >= 11 is 1.38. The summed E-state index contributed by atoms with van der Waals surface area (Å²) in [5.74, 6) is -0.0111. The van der Waals surface area contributed by atoms with E-state index in [-0.39, 0.29) is 11.9 Å². The Labute approximate surface area is 203 Å². The second-order valence-corrected chi connectivity index (χ2v) is 9.29. The van der Waals surface area contributed by atoms with Gasteiger partial charge in [-0.25, -0.2) is 9.78 Å². The van der Waals surface area contributed by atoms with E-state index in [2.05, 4.69) is 25.7 Å². The van der Waals surface area contributed by atoms with Crippen LogP contribution in [0.2, 0.25) is 0 Å². The highest BCUT2D eigenvalue weighted by Gasteiger charge is 2.32. The maximum atomic E-state index is 12.8. The number of fused-ring (bicyclic) bond motifs is 2. The van der Waals surface area contributed by atoms with Crippen molar-refractivity contribution in [2.45, 2.75) is 18.6 Å². The van der Waals surface area contributed by atoms with Gasteiger partial charge in [0, 0.05) is 17.7 Å². The van der Waals surface area contributed by atoms with E-state index in [1.54, 1.807) is 24.3 Å². The maximum Gasteiger partial charge on any atom is 0.351 e. The number of thiazole rings is 1. The molecule has 0 saturated carbocycles. The Morgan fingerprint density at radius 2 is 1.83 bits per heavy atom. The van der Waals surface area contributed by atoms with Crippen LogP contribution in [0.3, 0.4) is 0 Å². The molecule has 0 spiro atoms. The van der Waals surface area contributed by atoms with Gasteiger partial charge in [0.15, 0.2) is 0 Å². The number of carbonyl (C=O) groups is 1. The lowest BCUT2D eigenvalue weighted by molar-refractivity contribution is 0.0858. The molecule has 0 saturated heterocycles. The molecule has 10 heteroatoms. The summed E-state index contributed by atoms with van der Waals surface area (Å²) in [5, 5.41) is 21.2. The summed E-state index contributed by atoms with van der Waals surface area (Å²) in [6.07, 6.45) is -0.133. The van der Waals surface area contributed by atoms with Crippen LogP contribution in [0.15, 0.2) is 77.6 Å². The fourth-order valence-corrected chi connectivity index (χ4v) is 5.19. The standard InChI is InChI=1S/C25H20N6O3S/c32-19-13-15-5-1-2-6-17(15)21(19)28-22(33)14-9-11-16(12-10-14)26-23-29-24(34)31(30-23)25-27-18-7-3-4-8-20(18)35-25/h1-12,19,21,32H,13H2,(H,28,33)(H2,26,29,30,34)/t19-,21+/m0/s1. The number of H-pyrrole nitrogens is 1. The predicted molar refractivity (Wildman–Crippen MR) is 133 cm³/mol. The van der Waals surface area contributed by atoms with Crippen LogP contribution in [0.25, 0.3) is 15.3 Å². The molecule has 0 aliphatic heterocycles. The molecule has 6 rings (SSSR count). The SMILES string of the molecule is O=C(N[C@@H]1c2ccccc2C[C@@H]1O)c1ccc(Nc2nn(-c3nc4ccccc4s3)c(=O)[nH]2)cc1. The maximum absolute atomic E-state index is 12.8. The Bertz CT molecular complexity index is 1570. The van der Waals surface area contributed by atoms with Gasteiger partial charge in [0.2, 0.25) is 11.1 Å². The van der Waals surface area contributed by atoms with Gasteiger partial charge in [-0.15, -0.1) is 9.78 Å². The lowest BCUT2D eigenvalue weighted by Gasteiger charge is -2.18. The summed E-state index contributed by atoms with van der Waals surface area (Å²) in [7, 11) is 0. The van der Waals surface area contributed by atoms with Gasteiger partial charge in [0.1, 0.15) is 0 Å². The van der Waals surface area contributed by atoms with Crippen molar-refractivity contribution in [1.82, 2.24) is 25.1 Å². The fourth-order valence-electron chi connectivity index (χ4n) is 4.28. The van der Waals surface area contributed by atoms with Crippen molar-refractivity contribution in [3.05, 3.63) is 100.0 Å². The van der Waals surface area contributed by atoms with Gasteiger partial charge in [-0.3, -0.25) is 9.78 Å². The van der Waals surface area contributed by atoms with Gasteiger partial charge in [-0.2, -0.15) is 0 Å². The average molecular weight is 485 g/mol. The number of hydrogen-bond donors (Lipinski definition) is 4. The molecule has 3 aromatic carbocycles. The lowest BCUT2D eigenvalue weighted by atomic mass is 10.1. The number of hydrogen-bond acceptors (Lipinski definition) is 7. The normalized spacial score (nSPS) is 16.8. The van der Waals surface area contributed by atoms with Gasteiger partial charge in [0.25, 0.3) is 5.91 Å². The average Bonchev–Trinajstić information content (AvgIpc) is 3.54. The molecule has 1 amide bonds. The third kappa shape index (κ3) is 3.98. The Kier molecular flexibility index (Phi) is 5.16. The van der Waals surface area contributed by atoms with Gasteiger partial charge in [-0.05, 0) is 47.5 Å². The molecule has 0 fully saturated rings. The number of nitrogens with zero attached hydrogens (tertiary/aromatic N) is 3. The topological polar surface area (TPSA) is 125 Å². The zero-order valence-corrected chi connectivity index (χ0v) is 19.1. The summed E-state index contributed by atoms with van der Waals surface area (Å²) in [6.45, 7) is 0. The minimum Gasteiger partial charge on any atom is -0.390 e. The van der Waals surface area contributed by atoms with Crippen LogP contribution in [-0.4, -0.2) is 36.9 Å². The zero-order valence-electron chi connectivity index (χ0n) is 18.3. The molecule has 1 aliphatic carbocycles. The molecular weight excluding hydrogens is 464 g/mol. The number of para-hydroxylation sites is 1. The van der Waals surface area contributed by atoms with Crippen LogP contribution < -0.4 is 16.3 Å². The summed E-state index contributed by atoms with van der Waals surface area (Å²) < 4.78 is 2.19. The Morgan fingerprint density at radius 3 is 2.66 bits per heavy atom. The minimum atomic E-state index is -0.653. The molecule has 2 atom stereocenters. The van der Waals surface area contributed by atoms with E-state index in [4.69, 9.17) is 0 Å². The van der Waals surface area contributed by atoms with Gasteiger partial charge in [0.05, 0.1) is 22.4 Å².